The zero-order chi connectivity index (χ0) is 9.19. The second kappa shape index (κ2) is 3.46. The van der Waals surface area contributed by atoms with Gasteiger partial charge in [0.05, 0.1) is 5.60 Å². The lowest BCUT2D eigenvalue weighted by Crippen LogP contribution is -2.21. The van der Waals surface area contributed by atoms with Gasteiger partial charge in [-0.15, -0.1) is 0 Å². The predicted octanol–water partition coefficient (Wildman–Crippen LogP) is 2.65. The van der Waals surface area contributed by atoms with Gasteiger partial charge in [0.2, 0.25) is 0 Å². The number of hydrogen-bond donors (Lipinski definition) is 1. The van der Waals surface area contributed by atoms with Crippen LogP contribution in [0.1, 0.15) is 19.4 Å². The van der Waals surface area contributed by atoms with E-state index in [0.29, 0.717) is 6.42 Å². The summed E-state index contributed by atoms with van der Waals surface area (Å²) in [7, 11) is 0. The fourth-order valence-corrected chi connectivity index (χ4v) is 1.36. The Bertz CT molecular complexity index is 263. The van der Waals surface area contributed by atoms with Crippen LogP contribution in [0.2, 0.25) is 5.02 Å². The van der Waals surface area contributed by atoms with Crippen molar-refractivity contribution in [1.29, 1.82) is 0 Å². The van der Waals surface area contributed by atoms with Crippen molar-refractivity contribution in [1.82, 2.24) is 0 Å². The second-order valence-corrected chi connectivity index (χ2v) is 4.06. The number of hydrogen-bond acceptors (Lipinski definition) is 1. The van der Waals surface area contributed by atoms with E-state index in [1.165, 1.54) is 0 Å². The summed E-state index contributed by atoms with van der Waals surface area (Å²) in [5.41, 5.74) is 0.403. The Morgan fingerprint density at radius 3 is 2.58 bits per heavy atom. The standard InChI is InChI=1S/C10H13ClO/c1-10(2,12)7-8-4-3-5-9(11)6-8/h3-6,12H,7H2,1-2H3. The predicted molar refractivity (Wildman–Crippen MR) is 51.5 cm³/mol. The molecular formula is C10H13ClO. The molecule has 1 aromatic carbocycles. The Kier molecular flexibility index (Phi) is 2.76. The van der Waals surface area contributed by atoms with Crippen molar-refractivity contribution >= 4 is 11.6 Å². The molecule has 0 spiro atoms. The second-order valence-electron chi connectivity index (χ2n) is 3.62. The fraction of sp³-hybridized carbons (Fsp3) is 0.400. The first-order chi connectivity index (χ1) is 5.47. The highest BCUT2D eigenvalue weighted by molar-refractivity contribution is 6.30. The molecule has 0 saturated carbocycles. The summed E-state index contributed by atoms with van der Waals surface area (Å²) in [4.78, 5) is 0. The van der Waals surface area contributed by atoms with Gasteiger partial charge in [0.25, 0.3) is 0 Å². The molecule has 1 aromatic rings. The molecule has 0 aromatic heterocycles. The minimum Gasteiger partial charge on any atom is -0.390 e. The molecule has 0 aliphatic carbocycles. The molecule has 66 valence electrons. The molecule has 0 fully saturated rings. The van der Waals surface area contributed by atoms with E-state index in [4.69, 9.17) is 11.6 Å². The molecule has 0 heterocycles. The van der Waals surface area contributed by atoms with Crippen molar-refractivity contribution in [2.24, 2.45) is 0 Å². The lowest BCUT2D eigenvalue weighted by molar-refractivity contribution is 0.0810. The number of rotatable bonds is 2. The topological polar surface area (TPSA) is 20.2 Å². The van der Waals surface area contributed by atoms with E-state index in [1.807, 2.05) is 24.3 Å². The molecular weight excluding hydrogens is 172 g/mol. The van der Waals surface area contributed by atoms with E-state index in [0.717, 1.165) is 10.6 Å². The molecule has 1 rings (SSSR count). The summed E-state index contributed by atoms with van der Waals surface area (Å²) in [6.45, 7) is 3.57. The van der Waals surface area contributed by atoms with Crippen LogP contribution in [0.3, 0.4) is 0 Å². The molecule has 1 N–H and O–H groups in total. The van der Waals surface area contributed by atoms with Gasteiger partial charge in [-0.05, 0) is 31.5 Å². The summed E-state index contributed by atoms with van der Waals surface area (Å²) < 4.78 is 0. The van der Waals surface area contributed by atoms with Crippen LogP contribution in [0, 0.1) is 0 Å². The van der Waals surface area contributed by atoms with Crippen molar-refractivity contribution in [3.63, 3.8) is 0 Å². The first-order valence-electron chi connectivity index (χ1n) is 3.94. The number of aliphatic hydroxyl groups is 1. The molecule has 0 aliphatic heterocycles. The maximum Gasteiger partial charge on any atom is 0.0631 e. The zero-order valence-corrected chi connectivity index (χ0v) is 8.10. The van der Waals surface area contributed by atoms with Crippen LogP contribution in [0.25, 0.3) is 0 Å². The monoisotopic (exact) mass is 184 g/mol. The molecule has 0 bridgehead atoms. The average Bonchev–Trinajstić information content (AvgIpc) is 1.82. The van der Waals surface area contributed by atoms with E-state index >= 15 is 0 Å². The summed E-state index contributed by atoms with van der Waals surface area (Å²) in [5, 5.41) is 10.2. The van der Waals surface area contributed by atoms with Gasteiger partial charge in [-0.2, -0.15) is 0 Å². The Labute approximate surface area is 78.0 Å². The number of halogens is 1. The van der Waals surface area contributed by atoms with Gasteiger partial charge < -0.3 is 5.11 Å². The maximum atomic E-state index is 9.52. The first-order valence-corrected chi connectivity index (χ1v) is 4.32. The van der Waals surface area contributed by atoms with Gasteiger partial charge in [0.1, 0.15) is 0 Å². The van der Waals surface area contributed by atoms with Crippen LogP contribution in [0.15, 0.2) is 24.3 Å². The van der Waals surface area contributed by atoms with Crippen LogP contribution in [0.5, 0.6) is 0 Å². The Balaban J connectivity index is 2.77. The lowest BCUT2D eigenvalue weighted by Gasteiger charge is -2.16. The van der Waals surface area contributed by atoms with Crippen molar-refractivity contribution in [3.8, 4) is 0 Å². The van der Waals surface area contributed by atoms with Gasteiger partial charge >= 0.3 is 0 Å². The fourth-order valence-electron chi connectivity index (χ4n) is 1.15. The molecule has 12 heavy (non-hydrogen) atoms. The SMILES string of the molecule is CC(C)(O)Cc1cccc(Cl)c1. The van der Waals surface area contributed by atoms with E-state index in [9.17, 15) is 5.11 Å². The third-order valence-electron chi connectivity index (χ3n) is 1.53. The molecule has 0 unspecified atom stereocenters. The quantitative estimate of drug-likeness (QED) is 0.750. The Morgan fingerprint density at radius 2 is 2.08 bits per heavy atom. The van der Waals surface area contributed by atoms with Gasteiger partial charge in [-0.1, -0.05) is 23.7 Å². The number of benzene rings is 1. The van der Waals surface area contributed by atoms with Crippen LogP contribution in [0.4, 0.5) is 0 Å². The van der Waals surface area contributed by atoms with E-state index in [-0.39, 0.29) is 0 Å². The highest BCUT2D eigenvalue weighted by atomic mass is 35.5. The summed E-state index contributed by atoms with van der Waals surface area (Å²) >= 11 is 5.79. The highest BCUT2D eigenvalue weighted by Crippen LogP contribution is 2.16. The van der Waals surface area contributed by atoms with Crippen molar-refractivity contribution in [2.75, 3.05) is 0 Å². The summed E-state index contributed by atoms with van der Waals surface area (Å²) in [5.74, 6) is 0. The zero-order valence-electron chi connectivity index (χ0n) is 7.34. The molecule has 0 atom stereocenters. The molecule has 0 amide bonds. The highest BCUT2D eigenvalue weighted by Gasteiger charge is 2.12. The van der Waals surface area contributed by atoms with Crippen molar-refractivity contribution in [3.05, 3.63) is 34.9 Å². The smallest absolute Gasteiger partial charge is 0.0631 e. The maximum absolute atomic E-state index is 9.52. The molecule has 0 radical (unpaired) electrons. The van der Waals surface area contributed by atoms with Crippen LogP contribution < -0.4 is 0 Å². The molecule has 0 aliphatic rings. The van der Waals surface area contributed by atoms with E-state index in [1.54, 1.807) is 13.8 Å². The normalized spacial score (nSPS) is 11.7. The van der Waals surface area contributed by atoms with Crippen LogP contribution >= 0.6 is 11.6 Å². The van der Waals surface area contributed by atoms with Gasteiger partial charge in [-0.25, -0.2) is 0 Å². The Hall–Kier alpha value is -0.530. The van der Waals surface area contributed by atoms with Gasteiger partial charge in [-0.3, -0.25) is 0 Å². The summed E-state index contributed by atoms with van der Waals surface area (Å²) in [6, 6.07) is 7.56. The van der Waals surface area contributed by atoms with E-state index in [2.05, 4.69) is 0 Å². The van der Waals surface area contributed by atoms with Crippen molar-refractivity contribution < 1.29 is 5.11 Å². The van der Waals surface area contributed by atoms with E-state index < -0.39 is 5.60 Å². The lowest BCUT2D eigenvalue weighted by atomic mass is 9.99. The third kappa shape index (κ3) is 3.24. The van der Waals surface area contributed by atoms with Crippen molar-refractivity contribution in [2.45, 2.75) is 25.9 Å². The molecule has 2 heteroatoms. The first kappa shape index (κ1) is 9.56. The Morgan fingerprint density at radius 1 is 1.42 bits per heavy atom. The van der Waals surface area contributed by atoms with Crippen LogP contribution in [-0.4, -0.2) is 10.7 Å². The van der Waals surface area contributed by atoms with Gasteiger partial charge in [0, 0.05) is 11.4 Å². The minimum atomic E-state index is -0.662. The van der Waals surface area contributed by atoms with Crippen LogP contribution in [-0.2, 0) is 6.42 Å². The molecule has 0 saturated heterocycles. The summed E-state index contributed by atoms with van der Waals surface area (Å²) in [6.07, 6.45) is 0.632. The van der Waals surface area contributed by atoms with Gasteiger partial charge in [0.15, 0.2) is 0 Å². The minimum absolute atomic E-state index is 0.632. The molecule has 1 nitrogen and oxygen atoms in total. The largest absolute Gasteiger partial charge is 0.390 e. The third-order valence-corrected chi connectivity index (χ3v) is 1.76. The average molecular weight is 185 g/mol.